The first-order valence-electron chi connectivity index (χ1n) is 9.69. The summed E-state index contributed by atoms with van der Waals surface area (Å²) in [4.78, 5) is 16.2. The maximum atomic E-state index is 6.00. The van der Waals surface area contributed by atoms with E-state index >= 15 is 0 Å². The number of hydrogen-bond acceptors (Lipinski definition) is 5. The van der Waals surface area contributed by atoms with E-state index in [2.05, 4.69) is 20.9 Å². The summed E-state index contributed by atoms with van der Waals surface area (Å²) in [6.45, 7) is 2.61. The third-order valence-corrected chi connectivity index (χ3v) is 5.50. The van der Waals surface area contributed by atoms with E-state index in [-0.39, 0.29) is 0 Å². The summed E-state index contributed by atoms with van der Waals surface area (Å²) in [5.74, 6) is 3.01. The van der Waals surface area contributed by atoms with E-state index in [9.17, 15) is 0 Å². The van der Waals surface area contributed by atoms with Gasteiger partial charge in [0, 0.05) is 66.2 Å². The molecule has 142 valence electrons. The molecule has 2 aliphatic rings. The number of halogens is 1. The molecule has 0 saturated heterocycles. The van der Waals surface area contributed by atoms with Crippen molar-refractivity contribution in [2.45, 2.75) is 38.3 Å². The van der Waals surface area contributed by atoms with Crippen LogP contribution in [0, 0.1) is 0 Å². The molecule has 1 aliphatic heterocycles. The molecule has 0 spiro atoms. The van der Waals surface area contributed by atoms with Gasteiger partial charge in [-0.15, -0.1) is 0 Å². The van der Waals surface area contributed by atoms with Gasteiger partial charge in [-0.3, -0.25) is 4.90 Å². The Morgan fingerprint density at radius 3 is 2.79 bits per heavy atom. The van der Waals surface area contributed by atoms with Gasteiger partial charge in [0.2, 0.25) is 5.88 Å². The Morgan fingerprint density at radius 1 is 1.11 bits per heavy atom. The van der Waals surface area contributed by atoms with Crippen molar-refractivity contribution in [3.63, 3.8) is 0 Å². The zero-order chi connectivity index (χ0) is 18.9. The number of aromatic nitrogens is 3. The number of nitrogens with zero attached hydrogens (tertiary/aromatic N) is 4. The van der Waals surface area contributed by atoms with Crippen LogP contribution in [0.25, 0.3) is 0 Å². The average Bonchev–Trinajstić information content (AvgIpc) is 3.56. The summed E-state index contributed by atoms with van der Waals surface area (Å²) in [6.07, 6.45) is 7.22. The molecule has 6 heteroatoms. The third-order valence-electron chi connectivity index (χ3n) is 5.25. The van der Waals surface area contributed by atoms with Gasteiger partial charge in [0.05, 0.1) is 0 Å². The number of pyridine rings is 1. The fourth-order valence-electron chi connectivity index (χ4n) is 3.55. The minimum Gasteiger partial charge on any atom is -0.439 e. The highest BCUT2D eigenvalue weighted by atomic mass is 35.5. The molecule has 3 aromatic rings. The van der Waals surface area contributed by atoms with Gasteiger partial charge in [-0.25, -0.2) is 15.0 Å². The Hall–Kier alpha value is -2.50. The highest BCUT2D eigenvalue weighted by molar-refractivity contribution is 6.30. The van der Waals surface area contributed by atoms with Gasteiger partial charge in [-0.2, -0.15) is 0 Å². The second kappa shape index (κ2) is 7.49. The molecular formula is C22H21ClN4O. The first-order valence-corrected chi connectivity index (χ1v) is 10.1. The van der Waals surface area contributed by atoms with E-state index in [0.717, 1.165) is 43.2 Å². The van der Waals surface area contributed by atoms with E-state index in [1.807, 2.05) is 36.5 Å². The van der Waals surface area contributed by atoms with E-state index in [1.165, 1.54) is 24.1 Å². The monoisotopic (exact) mass is 392 g/mol. The van der Waals surface area contributed by atoms with Crippen LogP contribution >= 0.6 is 11.6 Å². The first-order chi connectivity index (χ1) is 13.7. The Balaban J connectivity index is 1.30. The molecule has 0 bridgehead atoms. The second-order valence-corrected chi connectivity index (χ2v) is 7.90. The summed E-state index contributed by atoms with van der Waals surface area (Å²) < 4.78 is 6.00. The van der Waals surface area contributed by atoms with E-state index < -0.39 is 0 Å². The van der Waals surface area contributed by atoms with Crippen molar-refractivity contribution in [1.82, 2.24) is 19.9 Å². The predicted molar refractivity (Wildman–Crippen MR) is 108 cm³/mol. The van der Waals surface area contributed by atoms with E-state index in [4.69, 9.17) is 21.3 Å². The molecular weight excluding hydrogens is 372 g/mol. The minimum absolute atomic E-state index is 0.603. The van der Waals surface area contributed by atoms with Crippen LogP contribution in [0.15, 0.2) is 48.8 Å². The molecule has 1 saturated carbocycles. The molecule has 5 rings (SSSR count). The van der Waals surface area contributed by atoms with Crippen LogP contribution in [-0.2, 0) is 19.5 Å². The molecule has 1 aliphatic carbocycles. The van der Waals surface area contributed by atoms with Gasteiger partial charge in [0.25, 0.3) is 0 Å². The molecule has 3 heterocycles. The number of ether oxygens (including phenoxy) is 1. The van der Waals surface area contributed by atoms with Crippen LogP contribution in [-0.4, -0.2) is 26.4 Å². The van der Waals surface area contributed by atoms with Crippen LogP contribution in [0.2, 0.25) is 5.02 Å². The lowest BCUT2D eigenvalue weighted by molar-refractivity contribution is 0.239. The lowest BCUT2D eigenvalue weighted by atomic mass is 10.1. The van der Waals surface area contributed by atoms with Crippen LogP contribution < -0.4 is 4.74 Å². The lowest BCUT2D eigenvalue weighted by Crippen LogP contribution is -2.31. The van der Waals surface area contributed by atoms with Gasteiger partial charge in [0.15, 0.2) is 0 Å². The SMILES string of the molecule is Clc1ccc(Oc2ncccc2CN2CCc3nc(C4CC4)ncc3C2)cc1. The topological polar surface area (TPSA) is 51.1 Å². The lowest BCUT2D eigenvalue weighted by Gasteiger charge is -2.28. The summed E-state index contributed by atoms with van der Waals surface area (Å²) in [7, 11) is 0. The fourth-order valence-corrected chi connectivity index (χ4v) is 3.68. The highest BCUT2D eigenvalue weighted by Gasteiger charge is 2.28. The van der Waals surface area contributed by atoms with Crippen molar-refractivity contribution in [3.8, 4) is 11.6 Å². The minimum atomic E-state index is 0.603. The number of rotatable bonds is 5. The van der Waals surface area contributed by atoms with Crippen molar-refractivity contribution in [1.29, 1.82) is 0 Å². The van der Waals surface area contributed by atoms with Crippen molar-refractivity contribution in [2.24, 2.45) is 0 Å². The van der Waals surface area contributed by atoms with Gasteiger partial charge in [-0.05, 0) is 43.2 Å². The van der Waals surface area contributed by atoms with Crippen molar-refractivity contribution in [2.75, 3.05) is 6.54 Å². The molecule has 28 heavy (non-hydrogen) atoms. The summed E-state index contributed by atoms with van der Waals surface area (Å²) in [5, 5.41) is 0.688. The van der Waals surface area contributed by atoms with Gasteiger partial charge >= 0.3 is 0 Å². The van der Waals surface area contributed by atoms with Crippen LogP contribution in [0.4, 0.5) is 0 Å². The third kappa shape index (κ3) is 3.86. The average molecular weight is 393 g/mol. The van der Waals surface area contributed by atoms with Gasteiger partial charge < -0.3 is 4.74 Å². The largest absolute Gasteiger partial charge is 0.439 e. The summed E-state index contributed by atoms with van der Waals surface area (Å²) in [6, 6.07) is 11.4. The molecule has 0 amide bonds. The standard InChI is InChI=1S/C22H21ClN4O/c23-18-5-7-19(8-6-18)28-22-16(2-1-10-24-22)13-27-11-9-20-17(14-27)12-25-21(26-20)15-3-4-15/h1-2,5-8,10,12,15H,3-4,9,11,13-14H2. The first kappa shape index (κ1) is 17.6. The normalized spacial score (nSPS) is 16.6. The fraction of sp³-hybridized carbons (Fsp3) is 0.318. The Bertz CT molecular complexity index is 988. The van der Waals surface area contributed by atoms with Crippen LogP contribution in [0.3, 0.4) is 0 Å². The Morgan fingerprint density at radius 2 is 1.96 bits per heavy atom. The van der Waals surface area contributed by atoms with Gasteiger partial charge in [-0.1, -0.05) is 17.7 Å². The van der Waals surface area contributed by atoms with Crippen LogP contribution in [0.1, 0.15) is 41.4 Å². The number of fused-ring (bicyclic) bond motifs is 1. The second-order valence-electron chi connectivity index (χ2n) is 7.46. The molecule has 1 fully saturated rings. The zero-order valence-corrected chi connectivity index (χ0v) is 16.3. The summed E-state index contributed by atoms with van der Waals surface area (Å²) >= 11 is 5.96. The van der Waals surface area contributed by atoms with Crippen molar-refractivity contribution in [3.05, 3.63) is 76.5 Å². The van der Waals surface area contributed by atoms with Crippen molar-refractivity contribution >= 4 is 11.6 Å². The number of benzene rings is 1. The van der Waals surface area contributed by atoms with Gasteiger partial charge in [0.1, 0.15) is 11.6 Å². The smallest absolute Gasteiger partial charge is 0.223 e. The Labute approximate surface area is 169 Å². The maximum Gasteiger partial charge on any atom is 0.223 e. The summed E-state index contributed by atoms with van der Waals surface area (Å²) in [5.41, 5.74) is 3.52. The molecule has 0 N–H and O–H groups in total. The molecule has 0 radical (unpaired) electrons. The van der Waals surface area contributed by atoms with E-state index in [0.29, 0.717) is 16.8 Å². The predicted octanol–water partition coefficient (Wildman–Crippen LogP) is 4.75. The Kier molecular flexibility index (Phi) is 4.71. The molecule has 0 unspecified atom stereocenters. The molecule has 0 atom stereocenters. The van der Waals surface area contributed by atoms with E-state index in [1.54, 1.807) is 6.20 Å². The molecule has 1 aromatic carbocycles. The van der Waals surface area contributed by atoms with Crippen LogP contribution in [0.5, 0.6) is 11.6 Å². The zero-order valence-electron chi connectivity index (χ0n) is 15.5. The molecule has 2 aromatic heterocycles. The molecule has 5 nitrogen and oxygen atoms in total. The maximum absolute atomic E-state index is 6.00. The highest BCUT2D eigenvalue weighted by Crippen LogP contribution is 2.38. The quantitative estimate of drug-likeness (QED) is 0.627. The van der Waals surface area contributed by atoms with Crippen molar-refractivity contribution < 1.29 is 4.74 Å². The number of hydrogen-bond donors (Lipinski definition) is 0.